The summed E-state index contributed by atoms with van der Waals surface area (Å²) in [7, 11) is 1.18. The average molecular weight is 312 g/mol. The molecule has 6 heteroatoms. The Morgan fingerprint density at radius 2 is 2.00 bits per heavy atom. The highest BCUT2D eigenvalue weighted by molar-refractivity contribution is 6.30. The summed E-state index contributed by atoms with van der Waals surface area (Å²) in [5.41, 5.74) is 0.973. The first-order valence-electron chi connectivity index (χ1n) is 6.06. The molecule has 0 aliphatic rings. The molecule has 0 fully saturated rings. The Balaban J connectivity index is 2.15. The molecule has 0 atom stereocenters. The number of nitrogens with one attached hydrogen (secondary N) is 1. The molecule has 2 aromatic carbocycles. The molecular formula is C15H12ClF2NO2. The van der Waals surface area contributed by atoms with E-state index in [0.717, 1.165) is 6.07 Å². The van der Waals surface area contributed by atoms with Crippen molar-refractivity contribution in [1.29, 1.82) is 0 Å². The second kappa shape index (κ2) is 6.54. The van der Waals surface area contributed by atoms with E-state index in [1.165, 1.54) is 31.4 Å². The van der Waals surface area contributed by atoms with Gasteiger partial charge in [-0.05, 0) is 42.0 Å². The summed E-state index contributed by atoms with van der Waals surface area (Å²) in [5.74, 6) is -1.86. The predicted molar refractivity (Wildman–Crippen MR) is 76.5 cm³/mol. The normalized spacial score (nSPS) is 10.3. The van der Waals surface area contributed by atoms with E-state index >= 15 is 0 Å². The van der Waals surface area contributed by atoms with Crippen molar-refractivity contribution in [1.82, 2.24) is 0 Å². The van der Waals surface area contributed by atoms with Crippen LogP contribution in [-0.2, 0) is 11.3 Å². The van der Waals surface area contributed by atoms with Gasteiger partial charge in [0.05, 0.1) is 12.7 Å². The lowest BCUT2D eigenvalue weighted by Crippen LogP contribution is -2.06. The van der Waals surface area contributed by atoms with Crippen molar-refractivity contribution in [3.8, 4) is 0 Å². The van der Waals surface area contributed by atoms with Gasteiger partial charge in [-0.25, -0.2) is 13.6 Å². The van der Waals surface area contributed by atoms with Crippen molar-refractivity contribution in [3.05, 3.63) is 64.2 Å². The van der Waals surface area contributed by atoms with E-state index in [1.807, 2.05) is 0 Å². The molecule has 0 saturated heterocycles. The number of hydrogen-bond acceptors (Lipinski definition) is 3. The third-order valence-electron chi connectivity index (χ3n) is 2.79. The maximum atomic E-state index is 13.5. The molecule has 0 radical (unpaired) electrons. The van der Waals surface area contributed by atoms with Gasteiger partial charge in [-0.2, -0.15) is 0 Å². The van der Waals surface area contributed by atoms with Crippen LogP contribution in [0.5, 0.6) is 0 Å². The van der Waals surface area contributed by atoms with E-state index in [9.17, 15) is 13.6 Å². The first-order chi connectivity index (χ1) is 9.99. The largest absolute Gasteiger partial charge is 0.465 e. The molecule has 110 valence electrons. The Labute approximate surface area is 125 Å². The minimum Gasteiger partial charge on any atom is -0.465 e. The highest BCUT2D eigenvalue weighted by atomic mass is 35.5. The number of rotatable bonds is 4. The van der Waals surface area contributed by atoms with E-state index < -0.39 is 17.6 Å². The Bertz CT molecular complexity index is 656. The monoisotopic (exact) mass is 311 g/mol. The fourth-order valence-corrected chi connectivity index (χ4v) is 2.06. The summed E-state index contributed by atoms with van der Waals surface area (Å²) in [5, 5.41) is 3.25. The van der Waals surface area contributed by atoms with Gasteiger partial charge in [-0.15, -0.1) is 0 Å². The fraction of sp³-hybridized carbons (Fsp3) is 0.133. The van der Waals surface area contributed by atoms with Gasteiger partial charge in [-0.1, -0.05) is 11.6 Å². The Hall–Kier alpha value is -2.14. The maximum Gasteiger partial charge on any atom is 0.340 e. The second-order valence-corrected chi connectivity index (χ2v) is 4.75. The average Bonchev–Trinajstić information content (AvgIpc) is 2.44. The molecular weight excluding hydrogens is 300 g/mol. The van der Waals surface area contributed by atoms with Gasteiger partial charge < -0.3 is 10.1 Å². The van der Waals surface area contributed by atoms with E-state index in [4.69, 9.17) is 11.6 Å². The maximum absolute atomic E-state index is 13.5. The van der Waals surface area contributed by atoms with Crippen molar-refractivity contribution in [2.75, 3.05) is 12.4 Å². The third kappa shape index (κ3) is 3.92. The van der Waals surface area contributed by atoms with Crippen molar-refractivity contribution < 1.29 is 18.3 Å². The topological polar surface area (TPSA) is 38.3 Å². The Morgan fingerprint density at radius 3 is 2.67 bits per heavy atom. The molecule has 2 rings (SSSR count). The predicted octanol–water partition coefficient (Wildman–Crippen LogP) is 4.02. The Kier molecular flexibility index (Phi) is 4.75. The molecule has 0 amide bonds. The molecule has 0 aliphatic heterocycles. The summed E-state index contributed by atoms with van der Waals surface area (Å²) in [6, 6.07) is 8.13. The van der Waals surface area contributed by atoms with Gasteiger partial charge in [0.25, 0.3) is 0 Å². The summed E-state index contributed by atoms with van der Waals surface area (Å²) >= 11 is 5.76. The van der Waals surface area contributed by atoms with Crippen LogP contribution >= 0.6 is 11.6 Å². The molecule has 0 aliphatic carbocycles. The van der Waals surface area contributed by atoms with Crippen LogP contribution in [0.4, 0.5) is 14.5 Å². The van der Waals surface area contributed by atoms with Crippen LogP contribution in [0, 0.1) is 11.6 Å². The molecule has 21 heavy (non-hydrogen) atoms. The van der Waals surface area contributed by atoms with Gasteiger partial charge in [0.15, 0.2) is 0 Å². The zero-order valence-corrected chi connectivity index (χ0v) is 11.9. The lowest BCUT2D eigenvalue weighted by atomic mass is 10.1. The highest BCUT2D eigenvalue weighted by Crippen LogP contribution is 2.18. The lowest BCUT2D eigenvalue weighted by Gasteiger charge is -2.09. The zero-order valence-electron chi connectivity index (χ0n) is 11.1. The molecule has 0 unspecified atom stereocenters. The minimum absolute atomic E-state index is 0.167. The molecule has 2 aromatic rings. The number of ether oxygens (including phenoxy) is 1. The van der Waals surface area contributed by atoms with Crippen molar-refractivity contribution in [3.63, 3.8) is 0 Å². The molecule has 0 heterocycles. The number of carbonyl (C=O) groups is 1. The van der Waals surface area contributed by atoms with Crippen molar-refractivity contribution in [2.24, 2.45) is 0 Å². The quantitative estimate of drug-likeness (QED) is 0.867. The molecule has 0 aromatic heterocycles. The molecule has 3 nitrogen and oxygen atoms in total. The third-order valence-corrected chi connectivity index (χ3v) is 3.01. The second-order valence-electron chi connectivity index (χ2n) is 4.32. The standard InChI is InChI=1S/C15H12ClF2NO2/c1-21-15(20)13-7-12(2-3-14(13)18)19-8-9-4-10(16)6-11(17)5-9/h2-7,19H,8H2,1H3. The van der Waals surface area contributed by atoms with Crippen LogP contribution in [0.2, 0.25) is 5.02 Å². The van der Waals surface area contributed by atoms with Crippen molar-refractivity contribution in [2.45, 2.75) is 6.54 Å². The number of hydrogen-bond donors (Lipinski definition) is 1. The molecule has 0 spiro atoms. The summed E-state index contributed by atoms with van der Waals surface area (Å²) in [4.78, 5) is 11.4. The smallest absolute Gasteiger partial charge is 0.340 e. The van der Waals surface area contributed by atoms with E-state index in [0.29, 0.717) is 16.3 Å². The van der Waals surface area contributed by atoms with Crippen LogP contribution in [0.3, 0.4) is 0 Å². The van der Waals surface area contributed by atoms with E-state index in [1.54, 1.807) is 6.07 Å². The van der Waals surface area contributed by atoms with Crippen LogP contribution < -0.4 is 5.32 Å². The lowest BCUT2D eigenvalue weighted by molar-refractivity contribution is 0.0595. The number of halogens is 3. The van der Waals surface area contributed by atoms with Crippen LogP contribution in [-0.4, -0.2) is 13.1 Å². The summed E-state index contributed by atoms with van der Waals surface area (Å²) < 4.78 is 31.2. The summed E-state index contributed by atoms with van der Waals surface area (Å²) in [6.07, 6.45) is 0. The highest BCUT2D eigenvalue weighted by Gasteiger charge is 2.12. The van der Waals surface area contributed by atoms with Gasteiger partial charge >= 0.3 is 5.97 Å². The number of esters is 1. The SMILES string of the molecule is COC(=O)c1cc(NCc2cc(F)cc(Cl)c2)ccc1F. The van der Waals surface area contributed by atoms with Gasteiger partial charge in [0, 0.05) is 17.3 Å². The summed E-state index contributed by atoms with van der Waals surface area (Å²) in [6.45, 7) is 0.281. The van der Waals surface area contributed by atoms with Crippen LogP contribution in [0.25, 0.3) is 0 Å². The first kappa shape index (κ1) is 15.3. The van der Waals surface area contributed by atoms with Crippen LogP contribution in [0.1, 0.15) is 15.9 Å². The number of anilines is 1. The Morgan fingerprint density at radius 1 is 1.24 bits per heavy atom. The van der Waals surface area contributed by atoms with Gasteiger partial charge in [-0.3, -0.25) is 0 Å². The van der Waals surface area contributed by atoms with Crippen molar-refractivity contribution >= 4 is 23.3 Å². The number of carbonyl (C=O) groups excluding carboxylic acids is 1. The molecule has 0 saturated carbocycles. The zero-order chi connectivity index (χ0) is 15.4. The van der Waals surface area contributed by atoms with E-state index in [2.05, 4.69) is 10.1 Å². The number of methoxy groups -OCH3 is 1. The van der Waals surface area contributed by atoms with Gasteiger partial charge in [0.1, 0.15) is 11.6 Å². The molecule has 0 bridgehead atoms. The van der Waals surface area contributed by atoms with Crippen LogP contribution in [0.15, 0.2) is 36.4 Å². The minimum atomic E-state index is -0.759. The van der Waals surface area contributed by atoms with Gasteiger partial charge in [0.2, 0.25) is 0 Å². The first-order valence-corrected chi connectivity index (χ1v) is 6.44. The fourth-order valence-electron chi connectivity index (χ4n) is 1.82. The van der Waals surface area contributed by atoms with E-state index in [-0.39, 0.29) is 12.1 Å². The number of benzene rings is 2. The molecule has 1 N–H and O–H groups in total.